The minimum atomic E-state index is -2.29. The minimum absolute atomic E-state index is 0. The molecule has 0 saturated carbocycles. The summed E-state index contributed by atoms with van der Waals surface area (Å²) in [5, 5.41) is 0. The van der Waals surface area contributed by atoms with Crippen LogP contribution in [0.4, 0.5) is 0 Å². The van der Waals surface area contributed by atoms with Gasteiger partial charge in [-0.2, -0.15) is 0 Å². The van der Waals surface area contributed by atoms with Crippen LogP contribution in [0.3, 0.4) is 0 Å². The quantitative estimate of drug-likeness (QED) is 0.214. The van der Waals surface area contributed by atoms with Crippen LogP contribution in [0.2, 0.25) is 13.1 Å². The molecule has 0 aromatic heterocycles. The maximum Gasteiger partial charge on any atom is -1.00 e. The largest absolute Gasteiger partial charge is 1.00 e. The molecule has 5 heteroatoms. The van der Waals surface area contributed by atoms with Gasteiger partial charge in [0.05, 0.1) is 0 Å². The van der Waals surface area contributed by atoms with Crippen molar-refractivity contribution in [3.63, 3.8) is 0 Å². The van der Waals surface area contributed by atoms with Crippen LogP contribution in [0.1, 0.15) is 97.5 Å². The molecule has 4 aromatic carbocycles. The van der Waals surface area contributed by atoms with Gasteiger partial charge in [0.2, 0.25) is 0 Å². The van der Waals surface area contributed by atoms with Crippen molar-refractivity contribution in [1.29, 1.82) is 0 Å². The number of fused-ring (bicyclic) bond motifs is 2. The van der Waals surface area contributed by atoms with Crippen molar-refractivity contribution in [2.24, 2.45) is 0 Å². The normalized spacial score (nSPS) is 16.0. The van der Waals surface area contributed by atoms with E-state index in [0.29, 0.717) is 7.25 Å². The zero-order valence-electron chi connectivity index (χ0n) is 31.7. The van der Waals surface area contributed by atoms with Crippen molar-refractivity contribution in [3.8, 4) is 28.0 Å². The van der Waals surface area contributed by atoms with Gasteiger partial charge in [0.1, 0.15) is 0 Å². The molecule has 2 aliphatic rings. The SMILES string of the molecule is COc1c(C(C)(C)C)cc2c(c1-c1cc(C)cc(C)c1)C=C(C)[CH]2[Zr+2]([CH]1C(C)=Cc2c(-c3cc(C)cc(C)c3)cc(C)cc21)=[Si](C)C.[Cl-].[Cl-]. The van der Waals surface area contributed by atoms with Crippen LogP contribution in [0, 0.1) is 34.6 Å². The second-order valence-corrected chi connectivity index (χ2v) is 33.6. The maximum absolute atomic E-state index is 6.37. The van der Waals surface area contributed by atoms with Gasteiger partial charge in [-0.3, -0.25) is 0 Å². The molecule has 6 rings (SSSR count). The molecule has 256 valence electrons. The van der Waals surface area contributed by atoms with Crippen molar-refractivity contribution < 1.29 is 49.9 Å². The van der Waals surface area contributed by atoms with Gasteiger partial charge in [-0.25, -0.2) is 0 Å². The maximum atomic E-state index is 6.37. The van der Waals surface area contributed by atoms with Crippen molar-refractivity contribution in [1.82, 2.24) is 0 Å². The fraction of sp³-hybridized carbons (Fsp3) is 0.364. The number of rotatable bonds is 5. The first-order valence-electron chi connectivity index (χ1n) is 17.2. The third-order valence-electron chi connectivity index (χ3n) is 10.2. The van der Waals surface area contributed by atoms with Gasteiger partial charge in [-0.05, 0) is 0 Å². The van der Waals surface area contributed by atoms with Gasteiger partial charge in [0, 0.05) is 0 Å². The van der Waals surface area contributed by atoms with Gasteiger partial charge < -0.3 is 24.8 Å². The number of methoxy groups -OCH3 is 1. The Kier molecular flexibility index (Phi) is 12.0. The number of hydrogen-bond donors (Lipinski definition) is 0. The number of hydrogen-bond acceptors (Lipinski definition) is 1. The summed E-state index contributed by atoms with van der Waals surface area (Å²) in [6.45, 7) is 28.4. The number of ether oxygens (including phenoxy) is 1. The molecular weight excluding hydrogens is 735 g/mol. The molecule has 2 unspecified atom stereocenters. The van der Waals surface area contributed by atoms with Crippen LogP contribution in [0.15, 0.2) is 65.7 Å². The van der Waals surface area contributed by atoms with Crippen molar-refractivity contribution in [3.05, 3.63) is 121 Å². The summed E-state index contributed by atoms with van der Waals surface area (Å²) >= 11 is -2.29. The third-order valence-corrected chi connectivity index (χ3v) is 30.1. The monoisotopic (exact) mass is 784 g/mol. The molecule has 2 atom stereocenters. The van der Waals surface area contributed by atoms with E-state index in [0.717, 1.165) is 5.75 Å². The summed E-state index contributed by atoms with van der Waals surface area (Å²) in [7, 11) is 1.87. The summed E-state index contributed by atoms with van der Waals surface area (Å²) in [5.41, 5.74) is 22.0. The van der Waals surface area contributed by atoms with Crippen molar-refractivity contribution >= 4 is 17.6 Å². The first kappa shape index (κ1) is 39.6. The van der Waals surface area contributed by atoms with Crippen LogP contribution in [0.25, 0.3) is 34.4 Å². The first-order chi connectivity index (χ1) is 22.1. The Bertz CT molecular complexity index is 2020. The van der Waals surface area contributed by atoms with Gasteiger partial charge >= 0.3 is 294 Å². The van der Waals surface area contributed by atoms with E-state index >= 15 is 0 Å². The summed E-state index contributed by atoms with van der Waals surface area (Å²) < 4.78 is 7.51. The first-order valence-corrected chi connectivity index (χ1v) is 26.2. The van der Waals surface area contributed by atoms with Crippen LogP contribution in [0.5, 0.6) is 5.75 Å². The molecule has 0 bridgehead atoms. The van der Waals surface area contributed by atoms with E-state index in [4.69, 9.17) is 4.74 Å². The Labute approximate surface area is 316 Å². The molecule has 0 aliphatic heterocycles. The van der Waals surface area contributed by atoms with E-state index in [2.05, 4.69) is 149 Å². The van der Waals surface area contributed by atoms with Crippen LogP contribution >= 0.6 is 0 Å². The van der Waals surface area contributed by atoms with Gasteiger partial charge in [0.25, 0.3) is 0 Å². The molecule has 0 spiro atoms. The van der Waals surface area contributed by atoms with Crippen LogP contribution < -0.4 is 29.6 Å². The smallest absolute Gasteiger partial charge is 1.00 e. The zero-order valence-corrected chi connectivity index (χ0v) is 36.6. The van der Waals surface area contributed by atoms with Gasteiger partial charge in [-0.15, -0.1) is 0 Å². The third kappa shape index (κ3) is 7.30. The molecule has 0 heterocycles. The minimum Gasteiger partial charge on any atom is -1.00 e. The Hall–Kier alpha value is -2.16. The Morgan fingerprint density at radius 1 is 0.592 bits per heavy atom. The van der Waals surface area contributed by atoms with E-state index in [9.17, 15) is 0 Å². The molecule has 1 nitrogen and oxygen atoms in total. The molecule has 0 fully saturated rings. The fourth-order valence-electron chi connectivity index (χ4n) is 8.55. The average molecular weight is 787 g/mol. The standard InChI is InChI=1S/C23H27O.C19H19.C2H6Si.2ClH.Zr/c1-14-8-15(2)11-18(10-14)21-19-12-16(3)9-17(19)13-20(22(21)24-7)23(4,5)6;1-12-5-13(2)7-16(6-12)18-10-14(3)8-17-9-15(4)11-19(17)18;1-3-2;;;/h8-13H,1-7H3;5-11H,1-4H3;1-2H3;2*1H;/q;;;;;+2/p-2. The van der Waals surface area contributed by atoms with Gasteiger partial charge in [0.15, 0.2) is 0 Å². The van der Waals surface area contributed by atoms with E-state index in [1.165, 1.54) is 66.8 Å². The van der Waals surface area contributed by atoms with Gasteiger partial charge in [-0.1, -0.05) is 0 Å². The summed E-state index contributed by atoms with van der Waals surface area (Å²) in [4.78, 5) is 0. The van der Waals surface area contributed by atoms with Crippen molar-refractivity contribution in [2.75, 3.05) is 7.11 Å². The van der Waals surface area contributed by atoms with Crippen molar-refractivity contribution in [2.45, 2.75) is 95.0 Å². The Morgan fingerprint density at radius 2 is 1.04 bits per heavy atom. The Balaban J connectivity index is 0.00000270. The number of aryl methyl sites for hydroxylation is 5. The Morgan fingerprint density at radius 3 is 1.51 bits per heavy atom. The predicted molar refractivity (Wildman–Crippen MR) is 203 cm³/mol. The summed E-state index contributed by atoms with van der Waals surface area (Å²) in [6, 6.07) is 21.6. The number of halogens is 2. The number of allylic oxidation sites excluding steroid dienone is 2. The molecular formula is C44H52Cl2OSiZr. The molecule has 0 amide bonds. The van der Waals surface area contributed by atoms with E-state index < -0.39 is 25.8 Å². The van der Waals surface area contributed by atoms with Crippen LogP contribution in [-0.4, -0.2) is 12.5 Å². The topological polar surface area (TPSA) is 9.23 Å². The zero-order chi connectivity index (χ0) is 34.1. The van der Waals surface area contributed by atoms with E-state index in [1.54, 1.807) is 22.3 Å². The second-order valence-electron chi connectivity index (χ2n) is 15.8. The molecule has 0 saturated heterocycles. The fourth-order valence-corrected chi connectivity index (χ4v) is 29.2. The average Bonchev–Trinajstić information content (AvgIpc) is 3.45. The molecule has 4 aromatic rings. The summed E-state index contributed by atoms with van der Waals surface area (Å²) in [6.07, 6.45) is 5.13. The number of benzene rings is 4. The molecule has 0 N–H and O–H groups in total. The predicted octanol–water partition coefficient (Wildman–Crippen LogP) is 6.36. The molecule has 2 aliphatic carbocycles. The van der Waals surface area contributed by atoms with Crippen LogP contribution in [-0.2, 0) is 25.8 Å². The van der Waals surface area contributed by atoms with E-state index in [1.807, 2.05) is 7.11 Å². The summed E-state index contributed by atoms with van der Waals surface area (Å²) in [5.74, 6) is 1.05. The second kappa shape index (κ2) is 14.8. The molecule has 49 heavy (non-hydrogen) atoms. The molecule has 0 radical (unpaired) electrons. The van der Waals surface area contributed by atoms with E-state index in [-0.39, 0.29) is 30.2 Å².